The number of carbonyl (C=O) groups excluding carboxylic acids is 1. The molecule has 23 heavy (non-hydrogen) atoms. The van der Waals surface area contributed by atoms with E-state index >= 15 is 0 Å². The van der Waals surface area contributed by atoms with Gasteiger partial charge in [-0.1, -0.05) is 43.7 Å². The summed E-state index contributed by atoms with van der Waals surface area (Å²) in [4.78, 5) is 26.9. The van der Waals surface area contributed by atoms with Crippen LogP contribution in [0.5, 0.6) is 0 Å². The predicted octanol–water partition coefficient (Wildman–Crippen LogP) is 2.80. The van der Waals surface area contributed by atoms with Crippen molar-refractivity contribution in [2.24, 2.45) is 0 Å². The summed E-state index contributed by atoms with van der Waals surface area (Å²) in [5.74, 6) is -1.46. The van der Waals surface area contributed by atoms with E-state index in [1.54, 1.807) is 0 Å². The first kappa shape index (κ1) is 16.7. The van der Waals surface area contributed by atoms with Gasteiger partial charge >= 0.3 is 5.97 Å². The molecule has 0 bridgehead atoms. The average molecular weight is 312 g/mol. The predicted molar refractivity (Wildman–Crippen MR) is 87.7 cm³/mol. The first-order valence-electron chi connectivity index (χ1n) is 7.34. The first-order valence-corrected chi connectivity index (χ1v) is 7.34. The molecule has 1 aromatic heterocycles. The Balaban J connectivity index is 2.09. The molecule has 0 saturated carbocycles. The SMILES string of the molecule is Cc1cccc(C(C)(C)CNC(=O)c2ccnc(C(=O)O)c2)c1. The number of carboxylic acids is 1. The Bertz CT molecular complexity index is 739. The van der Waals surface area contributed by atoms with Crippen molar-refractivity contribution in [2.75, 3.05) is 6.54 Å². The molecule has 1 heterocycles. The molecule has 0 saturated heterocycles. The fourth-order valence-corrected chi connectivity index (χ4v) is 2.26. The van der Waals surface area contributed by atoms with Gasteiger partial charge in [-0.05, 0) is 24.6 Å². The number of carboxylic acid groups (broad SMARTS) is 1. The van der Waals surface area contributed by atoms with E-state index in [0.29, 0.717) is 6.54 Å². The lowest BCUT2D eigenvalue weighted by Crippen LogP contribution is -2.36. The first-order chi connectivity index (χ1) is 10.8. The molecule has 0 aliphatic heterocycles. The van der Waals surface area contributed by atoms with Crippen molar-refractivity contribution in [1.82, 2.24) is 10.3 Å². The molecule has 120 valence electrons. The Morgan fingerprint density at radius 3 is 2.61 bits per heavy atom. The molecular weight excluding hydrogens is 292 g/mol. The number of carbonyl (C=O) groups is 2. The maximum absolute atomic E-state index is 12.2. The summed E-state index contributed by atoms with van der Waals surface area (Å²) < 4.78 is 0. The number of aryl methyl sites for hydroxylation is 1. The van der Waals surface area contributed by atoms with E-state index in [-0.39, 0.29) is 22.6 Å². The Morgan fingerprint density at radius 2 is 1.96 bits per heavy atom. The maximum atomic E-state index is 12.2. The second-order valence-electron chi connectivity index (χ2n) is 6.17. The highest BCUT2D eigenvalue weighted by Gasteiger charge is 2.22. The summed E-state index contributed by atoms with van der Waals surface area (Å²) in [5.41, 5.74) is 2.22. The van der Waals surface area contributed by atoms with Crippen LogP contribution in [0.3, 0.4) is 0 Å². The van der Waals surface area contributed by atoms with Gasteiger partial charge in [0.25, 0.3) is 5.91 Å². The van der Waals surface area contributed by atoms with Gasteiger partial charge in [0, 0.05) is 23.7 Å². The van der Waals surface area contributed by atoms with Crippen LogP contribution in [0.2, 0.25) is 0 Å². The molecule has 0 atom stereocenters. The molecule has 0 radical (unpaired) electrons. The normalized spacial score (nSPS) is 11.1. The fraction of sp³-hybridized carbons (Fsp3) is 0.278. The minimum Gasteiger partial charge on any atom is -0.477 e. The molecule has 1 aromatic carbocycles. The third-order valence-corrected chi connectivity index (χ3v) is 3.73. The third-order valence-electron chi connectivity index (χ3n) is 3.73. The number of aromatic carboxylic acids is 1. The smallest absolute Gasteiger partial charge is 0.354 e. The van der Waals surface area contributed by atoms with Gasteiger partial charge in [-0.25, -0.2) is 9.78 Å². The van der Waals surface area contributed by atoms with E-state index in [4.69, 9.17) is 5.11 Å². The second-order valence-corrected chi connectivity index (χ2v) is 6.17. The number of nitrogens with one attached hydrogen (secondary N) is 1. The zero-order valence-electron chi connectivity index (χ0n) is 13.5. The van der Waals surface area contributed by atoms with Crippen LogP contribution in [-0.2, 0) is 5.41 Å². The number of nitrogens with zero attached hydrogens (tertiary/aromatic N) is 1. The van der Waals surface area contributed by atoms with E-state index in [1.165, 1.54) is 23.9 Å². The Hall–Kier alpha value is -2.69. The fourth-order valence-electron chi connectivity index (χ4n) is 2.26. The summed E-state index contributed by atoms with van der Waals surface area (Å²) in [7, 11) is 0. The van der Waals surface area contributed by atoms with Crippen LogP contribution in [-0.4, -0.2) is 28.5 Å². The van der Waals surface area contributed by atoms with E-state index in [9.17, 15) is 9.59 Å². The molecule has 5 heteroatoms. The summed E-state index contributed by atoms with van der Waals surface area (Å²) in [6.45, 7) is 6.58. The highest BCUT2D eigenvalue weighted by molar-refractivity contribution is 5.96. The zero-order chi connectivity index (χ0) is 17.0. The van der Waals surface area contributed by atoms with Gasteiger partial charge in [0.2, 0.25) is 0 Å². The molecule has 0 spiro atoms. The molecule has 2 rings (SSSR count). The Kier molecular flexibility index (Phi) is 4.79. The standard InChI is InChI=1S/C18H20N2O3/c1-12-5-4-6-14(9-12)18(2,3)11-20-16(21)13-7-8-19-15(10-13)17(22)23/h4-10H,11H2,1-3H3,(H,20,21)(H,22,23). The number of hydrogen-bond acceptors (Lipinski definition) is 3. The maximum Gasteiger partial charge on any atom is 0.354 e. The lowest BCUT2D eigenvalue weighted by atomic mass is 9.84. The van der Waals surface area contributed by atoms with Gasteiger partial charge in [-0.15, -0.1) is 0 Å². The molecule has 0 aliphatic carbocycles. The average Bonchev–Trinajstić information content (AvgIpc) is 2.53. The highest BCUT2D eigenvalue weighted by atomic mass is 16.4. The monoisotopic (exact) mass is 312 g/mol. The molecule has 5 nitrogen and oxygen atoms in total. The van der Waals surface area contributed by atoms with Crippen LogP contribution >= 0.6 is 0 Å². The van der Waals surface area contributed by atoms with Gasteiger partial charge in [-0.3, -0.25) is 4.79 Å². The van der Waals surface area contributed by atoms with Crippen LogP contribution in [0.25, 0.3) is 0 Å². The van der Waals surface area contributed by atoms with Gasteiger partial charge in [0.1, 0.15) is 5.69 Å². The number of benzene rings is 1. The van der Waals surface area contributed by atoms with Crippen molar-refractivity contribution in [1.29, 1.82) is 0 Å². The van der Waals surface area contributed by atoms with Gasteiger partial charge < -0.3 is 10.4 Å². The molecular formula is C18H20N2O3. The minimum atomic E-state index is -1.15. The molecule has 0 aliphatic rings. The number of aromatic nitrogens is 1. The van der Waals surface area contributed by atoms with E-state index in [2.05, 4.69) is 30.2 Å². The Labute approximate surface area is 135 Å². The third kappa shape index (κ3) is 4.16. The van der Waals surface area contributed by atoms with Crippen molar-refractivity contribution in [3.63, 3.8) is 0 Å². The van der Waals surface area contributed by atoms with Crippen molar-refractivity contribution < 1.29 is 14.7 Å². The number of amides is 1. The van der Waals surface area contributed by atoms with Crippen molar-refractivity contribution in [2.45, 2.75) is 26.2 Å². The van der Waals surface area contributed by atoms with E-state index in [1.807, 2.05) is 25.1 Å². The molecule has 1 amide bonds. The van der Waals surface area contributed by atoms with Crippen LogP contribution < -0.4 is 5.32 Å². The van der Waals surface area contributed by atoms with Crippen LogP contribution in [0, 0.1) is 6.92 Å². The van der Waals surface area contributed by atoms with Gasteiger partial charge in [0.15, 0.2) is 0 Å². The largest absolute Gasteiger partial charge is 0.477 e. The highest BCUT2D eigenvalue weighted by Crippen LogP contribution is 2.23. The zero-order valence-corrected chi connectivity index (χ0v) is 13.5. The lowest BCUT2D eigenvalue weighted by molar-refractivity contribution is 0.0690. The van der Waals surface area contributed by atoms with Crippen molar-refractivity contribution >= 4 is 11.9 Å². The summed E-state index contributed by atoms with van der Waals surface area (Å²) in [6, 6.07) is 10.9. The second kappa shape index (κ2) is 6.60. The van der Waals surface area contributed by atoms with Crippen LogP contribution in [0.4, 0.5) is 0 Å². The quantitative estimate of drug-likeness (QED) is 0.889. The summed E-state index contributed by atoms with van der Waals surface area (Å²) in [6.07, 6.45) is 1.32. The van der Waals surface area contributed by atoms with Gasteiger partial charge in [-0.2, -0.15) is 0 Å². The van der Waals surface area contributed by atoms with Crippen molar-refractivity contribution in [3.8, 4) is 0 Å². The van der Waals surface area contributed by atoms with Gasteiger partial charge in [0.05, 0.1) is 0 Å². The number of hydrogen-bond donors (Lipinski definition) is 2. The van der Waals surface area contributed by atoms with Crippen LogP contribution in [0.15, 0.2) is 42.6 Å². The molecule has 2 aromatic rings. The van der Waals surface area contributed by atoms with E-state index < -0.39 is 5.97 Å². The van der Waals surface area contributed by atoms with Crippen LogP contribution in [0.1, 0.15) is 45.8 Å². The topological polar surface area (TPSA) is 79.3 Å². The molecule has 2 N–H and O–H groups in total. The Morgan fingerprint density at radius 1 is 1.22 bits per heavy atom. The summed E-state index contributed by atoms with van der Waals surface area (Å²) in [5, 5.41) is 11.8. The number of rotatable bonds is 5. The minimum absolute atomic E-state index is 0.143. The van der Waals surface area contributed by atoms with E-state index in [0.717, 1.165) is 5.56 Å². The molecule has 0 fully saturated rings. The van der Waals surface area contributed by atoms with Crippen molar-refractivity contribution in [3.05, 3.63) is 65.0 Å². The number of pyridine rings is 1. The molecule has 0 unspecified atom stereocenters. The summed E-state index contributed by atoms with van der Waals surface area (Å²) >= 11 is 0. The lowest BCUT2D eigenvalue weighted by Gasteiger charge is -2.26.